The van der Waals surface area contributed by atoms with E-state index in [4.69, 9.17) is 5.11 Å². The highest BCUT2D eigenvalue weighted by Crippen LogP contribution is 2.23. The van der Waals surface area contributed by atoms with Crippen molar-refractivity contribution in [2.24, 2.45) is 0 Å². The Morgan fingerprint density at radius 1 is 1.53 bits per heavy atom. The Morgan fingerprint density at radius 2 is 2.40 bits per heavy atom. The van der Waals surface area contributed by atoms with Crippen molar-refractivity contribution in [1.29, 1.82) is 0 Å². The molecule has 0 aromatic carbocycles. The standard InChI is InChI=1S/C11H14N2O2/c14-11(15)8-4-3-7-13-10(8)9-5-1-2-6-12-9/h3-4,7,9,12H,1-2,5-6H2,(H,14,15). The van der Waals surface area contributed by atoms with E-state index in [0.29, 0.717) is 11.3 Å². The third-order valence-electron chi connectivity index (χ3n) is 2.71. The number of hydrogen-bond acceptors (Lipinski definition) is 3. The van der Waals surface area contributed by atoms with Crippen LogP contribution in [0.5, 0.6) is 0 Å². The monoisotopic (exact) mass is 206 g/mol. The molecule has 0 bridgehead atoms. The molecular weight excluding hydrogens is 192 g/mol. The normalized spacial score (nSPS) is 21.2. The maximum Gasteiger partial charge on any atom is 0.337 e. The van der Waals surface area contributed by atoms with Crippen molar-refractivity contribution >= 4 is 5.97 Å². The van der Waals surface area contributed by atoms with Crippen molar-refractivity contribution in [3.8, 4) is 0 Å². The molecule has 1 unspecified atom stereocenters. The Kier molecular flexibility index (Phi) is 2.97. The predicted octanol–water partition coefficient (Wildman–Crippen LogP) is 1.59. The Morgan fingerprint density at radius 3 is 3.07 bits per heavy atom. The number of rotatable bonds is 2. The van der Waals surface area contributed by atoms with Gasteiger partial charge in [-0.15, -0.1) is 0 Å². The van der Waals surface area contributed by atoms with Gasteiger partial charge in [0.1, 0.15) is 0 Å². The molecule has 4 heteroatoms. The van der Waals surface area contributed by atoms with Gasteiger partial charge in [-0.3, -0.25) is 4.98 Å². The zero-order valence-electron chi connectivity index (χ0n) is 8.44. The lowest BCUT2D eigenvalue weighted by molar-refractivity contribution is 0.0693. The molecule has 2 heterocycles. The van der Waals surface area contributed by atoms with Crippen molar-refractivity contribution in [2.75, 3.05) is 6.54 Å². The first-order valence-electron chi connectivity index (χ1n) is 5.20. The number of carbonyl (C=O) groups is 1. The van der Waals surface area contributed by atoms with Crippen molar-refractivity contribution < 1.29 is 9.90 Å². The summed E-state index contributed by atoms with van der Waals surface area (Å²) >= 11 is 0. The van der Waals surface area contributed by atoms with Gasteiger partial charge in [-0.2, -0.15) is 0 Å². The molecule has 1 atom stereocenters. The van der Waals surface area contributed by atoms with Gasteiger partial charge < -0.3 is 10.4 Å². The molecule has 1 aliphatic heterocycles. The van der Waals surface area contributed by atoms with Crippen LogP contribution in [-0.2, 0) is 0 Å². The largest absolute Gasteiger partial charge is 0.478 e. The highest BCUT2D eigenvalue weighted by molar-refractivity contribution is 5.88. The summed E-state index contributed by atoms with van der Waals surface area (Å²) in [5.74, 6) is -0.898. The number of piperidine rings is 1. The lowest BCUT2D eigenvalue weighted by Gasteiger charge is -2.23. The van der Waals surface area contributed by atoms with Gasteiger partial charge in [0.2, 0.25) is 0 Å². The van der Waals surface area contributed by atoms with Gasteiger partial charge in [0, 0.05) is 6.20 Å². The fraction of sp³-hybridized carbons (Fsp3) is 0.455. The molecule has 0 amide bonds. The lowest BCUT2D eigenvalue weighted by atomic mass is 9.98. The minimum atomic E-state index is -0.898. The van der Waals surface area contributed by atoms with E-state index in [0.717, 1.165) is 25.8 Å². The van der Waals surface area contributed by atoms with Crippen molar-refractivity contribution in [3.63, 3.8) is 0 Å². The molecule has 1 aliphatic rings. The summed E-state index contributed by atoms with van der Waals surface area (Å²) in [6.07, 6.45) is 4.91. The van der Waals surface area contributed by atoms with E-state index in [-0.39, 0.29) is 6.04 Å². The van der Waals surface area contributed by atoms with Gasteiger partial charge >= 0.3 is 5.97 Å². The zero-order chi connectivity index (χ0) is 10.7. The van der Waals surface area contributed by atoms with Crippen LogP contribution in [0.25, 0.3) is 0 Å². The molecule has 0 aliphatic carbocycles. The van der Waals surface area contributed by atoms with Crippen LogP contribution in [0.15, 0.2) is 18.3 Å². The number of aromatic carboxylic acids is 1. The van der Waals surface area contributed by atoms with Gasteiger partial charge in [-0.1, -0.05) is 6.42 Å². The summed E-state index contributed by atoms with van der Waals surface area (Å²) < 4.78 is 0. The summed E-state index contributed by atoms with van der Waals surface area (Å²) in [4.78, 5) is 15.2. The molecule has 0 spiro atoms. The Labute approximate surface area is 88.3 Å². The van der Waals surface area contributed by atoms with Crippen molar-refractivity contribution in [2.45, 2.75) is 25.3 Å². The second-order valence-electron chi connectivity index (χ2n) is 3.74. The highest BCUT2D eigenvalue weighted by atomic mass is 16.4. The molecule has 4 nitrogen and oxygen atoms in total. The van der Waals surface area contributed by atoms with Crippen LogP contribution >= 0.6 is 0 Å². The number of nitrogens with zero attached hydrogens (tertiary/aromatic N) is 1. The van der Waals surface area contributed by atoms with Crippen LogP contribution in [0.2, 0.25) is 0 Å². The number of pyridine rings is 1. The summed E-state index contributed by atoms with van der Waals surface area (Å²) in [6, 6.07) is 3.38. The van der Waals surface area contributed by atoms with E-state index in [1.807, 2.05) is 0 Å². The van der Waals surface area contributed by atoms with Crippen LogP contribution in [0.4, 0.5) is 0 Å². The number of carboxylic acids is 1. The average molecular weight is 206 g/mol. The smallest absolute Gasteiger partial charge is 0.337 e. The summed E-state index contributed by atoms with van der Waals surface area (Å²) in [5, 5.41) is 12.3. The molecule has 1 saturated heterocycles. The van der Waals surface area contributed by atoms with Gasteiger partial charge in [0.15, 0.2) is 0 Å². The van der Waals surface area contributed by atoms with E-state index >= 15 is 0 Å². The lowest BCUT2D eigenvalue weighted by Crippen LogP contribution is -2.29. The summed E-state index contributed by atoms with van der Waals surface area (Å²) in [6.45, 7) is 0.945. The molecule has 2 N–H and O–H groups in total. The van der Waals surface area contributed by atoms with E-state index < -0.39 is 5.97 Å². The van der Waals surface area contributed by atoms with E-state index in [1.165, 1.54) is 0 Å². The first-order chi connectivity index (χ1) is 7.29. The molecule has 2 rings (SSSR count). The van der Waals surface area contributed by atoms with Crippen molar-refractivity contribution in [1.82, 2.24) is 10.3 Å². The third-order valence-corrected chi connectivity index (χ3v) is 2.71. The van der Waals surface area contributed by atoms with Gasteiger partial charge in [-0.05, 0) is 31.5 Å². The maximum atomic E-state index is 11.0. The SMILES string of the molecule is O=C(O)c1cccnc1C1CCCCN1. The quantitative estimate of drug-likeness (QED) is 0.771. The third kappa shape index (κ3) is 2.15. The first kappa shape index (κ1) is 10.1. The Balaban J connectivity index is 2.29. The topological polar surface area (TPSA) is 62.2 Å². The van der Waals surface area contributed by atoms with Crippen molar-refractivity contribution in [3.05, 3.63) is 29.6 Å². The predicted molar refractivity (Wildman–Crippen MR) is 55.8 cm³/mol. The van der Waals surface area contributed by atoms with Crippen LogP contribution in [-0.4, -0.2) is 22.6 Å². The van der Waals surface area contributed by atoms with E-state index in [9.17, 15) is 4.79 Å². The number of aromatic nitrogens is 1. The van der Waals surface area contributed by atoms with Crippen LogP contribution < -0.4 is 5.32 Å². The molecule has 1 aromatic heterocycles. The minimum absolute atomic E-state index is 0.103. The second kappa shape index (κ2) is 4.40. The molecule has 0 saturated carbocycles. The molecule has 0 radical (unpaired) electrons. The van der Waals surface area contributed by atoms with Gasteiger partial charge in [-0.25, -0.2) is 4.79 Å². The average Bonchev–Trinajstić information content (AvgIpc) is 2.30. The molecule has 1 fully saturated rings. The molecule has 1 aromatic rings. The fourth-order valence-electron chi connectivity index (χ4n) is 1.96. The molecule has 15 heavy (non-hydrogen) atoms. The Hall–Kier alpha value is -1.42. The Bertz CT molecular complexity index is 359. The number of carboxylic acid groups (broad SMARTS) is 1. The fourth-order valence-corrected chi connectivity index (χ4v) is 1.96. The van der Waals surface area contributed by atoms with Gasteiger partial charge in [0.25, 0.3) is 0 Å². The highest BCUT2D eigenvalue weighted by Gasteiger charge is 2.21. The summed E-state index contributed by atoms with van der Waals surface area (Å²) in [5.41, 5.74) is 0.988. The zero-order valence-corrected chi connectivity index (χ0v) is 8.44. The van der Waals surface area contributed by atoms with Crippen LogP contribution in [0.1, 0.15) is 41.4 Å². The maximum absolute atomic E-state index is 11.0. The van der Waals surface area contributed by atoms with Crippen LogP contribution in [0.3, 0.4) is 0 Å². The molecule has 80 valence electrons. The van der Waals surface area contributed by atoms with E-state index in [1.54, 1.807) is 18.3 Å². The van der Waals surface area contributed by atoms with Gasteiger partial charge in [0.05, 0.1) is 17.3 Å². The first-order valence-corrected chi connectivity index (χ1v) is 5.20. The summed E-state index contributed by atoms with van der Waals surface area (Å²) in [7, 11) is 0. The minimum Gasteiger partial charge on any atom is -0.478 e. The van der Waals surface area contributed by atoms with E-state index in [2.05, 4.69) is 10.3 Å². The second-order valence-corrected chi connectivity index (χ2v) is 3.74. The van der Waals surface area contributed by atoms with Crippen LogP contribution in [0, 0.1) is 0 Å². The molecular formula is C11H14N2O2. The number of hydrogen-bond donors (Lipinski definition) is 2. The number of nitrogens with one attached hydrogen (secondary N) is 1.